The van der Waals surface area contributed by atoms with Gasteiger partial charge in [0.15, 0.2) is 12.0 Å². The van der Waals surface area contributed by atoms with E-state index in [0.29, 0.717) is 12.4 Å². The van der Waals surface area contributed by atoms with Crippen molar-refractivity contribution in [2.75, 3.05) is 28.2 Å². The van der Waals surface area contributed by atoms with Crippen LogP contribution in [-0.4, -0.2) is 61.1 Å². The van der Waals surface area contributed by atoms with Gasteiger partial charge in [0, 0.05) is 34.6 Å². The van der Waals surface area contributed by atoms with Crippen LogP contribution in [0.3, 0.4) is 0 Å². The lowest BCUT2D eigenvalue weighted by Crippen LogP contribution is -2.38. The Morgan fingerprint density at radius 3 is 2.11 bits per heavy atom. The van der Waals surface area contributed by atoms with Gasteiger partial charge in [-0.05, 0) is 5.56 Å². The van der Waals surface area contributed by atoms with E-state index < -0.39 is 12.0 Å². The molecule has 0 aromatic heterocycles. The maximum absolute atomic E-state index is 11.3. The Bertz CT molecular complexity index is 431. The summed E-state index contributed by atoms with van der Waals surface area (Å²) >= 11 is 0. The van der Waals surface area contributed by atoms with E-state index in [0.717, 1.165) is 5.56 Å². The van der Waals surface area contributed by atoms with Gasteiger partial charge in [0.1, 0.15) is 0 Å². The molecule has 1 rings (SSSR count). The second-order valence-electron chi connectivity index (χ2n) is 4.76. The van der Waals surface area contributed by atoms with Crippen molar-refractivity contribution < 1.29 is 9.90 Å². The maximum Gasteiger partial charge on any atom is 0.328 e. The lowest BCUT2D eigenvalue weighted by atomic mass is 10.1. The average Bonchev–Trinajstić information content (AvgIpc) is 2.34. The predicted octanol–water partition coefficient (Wildman–Crippen LogP) is 1.16. The van der Waals surface area contributed by atoms with Crippen LogP contribution in [0.5, 0.6) is 0 Å². The Labute approximate surface area is 114 Å². The van der Waals surface area contributed by atoms with Crippen LogP contribution in [0.15, 0.2) is 35.3 Å². The molecule has 0 heterocycles. The quantitative estimate of drug-likeness (QED) is 0.654. The number of hydrogen-bond acceptors (Lipinski definition) is 2. The van der Waals surface area contributed by atoms with E-state index >= 15 is 0 Å². The summed E-state index contributed by atoms with van der Waals surface area (Å²) in [5.74, 6) is -0.270. The second kappa shape index (κ2) is 6.78. The fraction of sp³-hybridized carbons (Fsp3) is 0.429. The van der Waals surface area contributed by atoms with E-state index in [1.165, 1.54) is 0 Å². The fourth-order valence-electron chi connectivity index (χ4n) is 1.80. The number of aliphatic imine (C=N–C) groups is 1. The molecule has 104 valence electrons. The van der Waals surface area contributed by atoms with E-state index in [4.69, 9.17) is 0 Å². The number of nitrogens with zero attached hydrogens (tertiary/aromatic N) is 3. The first-order valence-corrected chi connectivity index (χ1v) is 6.11. The fourth-order valence-corrected chi connectivity index (χ4v) is 1.80. The highest BCUT2D eigenvalue weighted by Gasteiger charge is 2.19. The van der Waals surface area contributed by atoms with Crippen LogP contribution in [-0.2, 0) is 11.2 Å². The summed E-state index contributed by atoms with van der Waals surface area (Å²) in [6.45, 7) is 0. The molecule has 0 saturated heterocycles. The third kappa shape index (κ3) is 4.62. The van der Waals surface area contributed by atoms with Crippen LogP contribution < -0.4 is 0 Å². The molecule has 0 aliphatic rings. The molecule has 0 amide bonds. The number of carboxylic acid groups (broad SMARTS) is 1. The summed E-state index contributed by atoms with van der Waals surface area (Å²) in [5, 5.41) is 9.30. The van der Waals surface area contributed by atoms with E-state index in [1.807, 2.05) is 58.5 Å². The number of rotatable bonds is 4. The minimum atomic E-state index is -0.912. The van der Waals surface area contributed by atoms with Gasteiger partial charge in [-0.25, -0.2) is 9.79 Å². The van der Waals surface area contributed by atoms with Crippen LogP contribution in [0.2, 0.25) is 0 Å². The molecule has 1 aromatic rings. The van der Waals surface area contributed by atoms with Gasteiger partial charge in [0.2, 0.25) is 0 Å². The lowest BCUT2D eigenvalue weighted by molar-refractivity contribution is -0.138. The molecular formula is C14H21N3O2. The molecule has 1 N–H and O–H groups in total. The minimum absolute atomic E-state index is 0.390. The van der Waals surface area contributed by atoms with Crippen LogP contribution in [0.4, 0.5) is 0 Å². The van der Waals surface area contributed by atoms with Crippen molar-refractivity contribution in [1.29, 1.82) is 0 Å². The summed E-state index contributed by atoms with van der Waals surface area (Å²) in [5.41, 5.74) is 0.968. The monoisotopic (exact) mass is 263 g/mol. The van der Waals surface area contributed by atoms with Gasteiger partial charge in [-0.3, -0.25) is 0 Å². The zero-order chi connectivity index (χ0) is 14.4. The number of guanidine groups is 1. The van der Waals surface area contributed by atoms with E-state index in [-0.39, 0.29) is 0 Å². The van der Waals surface area contributed by atoms with Crippen molar-refractivity contribution in [2.24, 2.45) is 4.99 Å². The molecule has 1 atom stereocenters. The Morgan fingerprint density at radius 1 is 1.16 bits per heavy atom. The number of carbonyl (C=O) groups is 1. The van der Waals surface area contributed by atoms with Gasteiger partial charge >= 0.3 is 5.97 Å². The highest BCUT2D eigenvalue weighted by Crippen LogP contribution is 2.07. The largest absolute Gasteiger partial charge is 0.480 e. The molecular weight excluding hydrogens is 242 g/mol. The summed E-state index contributed by atoms with van der Waals surface area (Å²) in [6.07, 6.45) is 0.390. The van der Waals surface area contributed by atoms with Gasteiger partial charge < -0.3 is 14.9 Å². The Morgan fingerprint density at radius 2 is 1.68 bits per heavy atom. The average molecular weight is 263 g/mol. The number of benzene rings is 1. The van der Waals surface area contributed by atoms with Crippen molar-refractivity contribution in [1.82, 2.24) is 9.80 Å². The van der Waals surface area contributed by atoms with Gasteiger partial charge in [-0.1, -0.05) is 30.3 Å². The van der Waals surface area contributed by atoms with Gasteiger partial charge in [0.05, 0.1) is 0 Å². The smallest absolute Gasteiger partial charge is 0.328 e. The molecule has 0 spiro atoms. The van der Waals surface area contributed by atoms with Gasteiger partial charge in [-0.2, -0.15) is 0 Å². The lowest BCUT2D eigenvalue weighted by Gasteiger charge is -2.24. The molecule has 0 radical (unpaired) electrons. The molecule has 0 bridgehead atoms. The molecule has 1 aromatic carbocycles. The normalized spacial score (nSPS) is 11.6. The molecule has 0 saturated carbocycles. The summed E-state index contributed by atoms with van der Waals surface area (Å²) < 4.78 is 0. The molecule has 0 aliphatic heterocycles. The number of aliphatic carboxylic acids is 1. The molecule has 19 heavy (non-hydrogen) atoms. The van der Waals surface area contributed by atoms with Crippen molar-refractivity contribution in [3.8, 4) is 0 Å². The van der Waals surface area contributed by atoms with Crippen molar-refractivity contribution in [2.45, 2.75) is 12.5 Å². The topological polar surface area (TPSA) is 56.1 Å². The SMILES string of the molecule is CN(C)C(=N[C@@H](Cc1ccccc1)C(=O)O)N(C)C. The second-order valence-corrected chi connectivity index (χ2v) is 4.76. The van der Waals surface area contributed by atoms with Crippen molar-refractivity contribution in [3.05, 3.63) is 35.9 Å². The highest BCUT2D eigenvalue weighted by atomic mass is 16.4. The van der Waals surface area contributed by atoms with Crippen LogP contribution in [0.25, 0.3) is 0 Å². The molecule has 0 fully saturated rings. The Kier molecular flexibility index (Phi) is 5.36. The molecule has 0 aliphatic carbocycles. The maximum atomic E-state index is 11.3. The van der Waals surface area contributed by atoms with Gasteiger partial charge in [-0.15, -0.1) is 0 Å². The molecule has 5 heteroatoms. The predicted molar refractivity (Wildman–Crippen MR) is 76.4 cm³/mol. The van der Waals surface area contributed by atoms with Crippen LogP contribution in [0.1, 0.15) is 5.56 Å². The first kappa shape index (κ1) is 15.0. The van der Waals surface area contributed by atoms with Crippen molar-refractivity contribution >= 4 is 11.9 Å². The van der Waals surface area contributed by atoms with Crippen LogP contribution in [0, 0.1) is 0 Å². The van der Waals surface area contributed by atoms with E-state index in [1.54, 1.807) is 9.80 Å². The van der Waals surface area contributed by atoms with E-state index in [9.17, 15) is 9.90 Å². The Hall–Kier alpha value is -2.04. The summed E-state index contributed by atoms with van der Waals surface area (Å²) in [4.78, 5) is 19.3. The first-order chi connectivity index (χ1) is 8.91. The van der Waals surface area contributed by atoms with Gasteiger partial charge in [0.25, 0.3) is 0 Å². The van der Waals surface area contributed by atoms with E-state index in [2.05, 4.69) is 4.99 Å². The number of carboxylic acids is 1. The third-order valence-electron chi connectivity index (χ3n) is 2.63. The minimum Gasteiger partial charge on any atom is -0.480 e. The number of hydrogen-bond donors (Lipinski definition) is 1. The standard InChI is InChI=1S/C14H21N3O2/c1-16(2)14(17(3)4)15-12(13(18)19)10-11-8-6-5-7-9-11/h5-9,12H,10H2,1-4H3,(H,18,19)/t12-/m0/s1. The van der Waals surface area contributed by atoms with Crippen molar-refractivity contribution in [3.63, 3.8) is 0 Å². The summed E-state index contributed by atoms with van der Waals surface area (Å²) in [6, 6.07) is 8.76. The molecule has 0 unspecified atom stereocenters. The third-order valence-corrected chi connectivity index (χ3v) is 2.63. The zero-order valence-electron chi connectivity index (χ0n) is 11.9. The Balaban J connectivity index is 2.95. The summed E-state index contributed by atoms with van der Waals surface area (Å²) in [7, 11) is 7.39. The first-order valence-electron chi connectivity index (χ1n) is 6.11. The highest BCUT2D eigenvalue weighted by molar-refractivity contribution is 5.83. The van der Waals surface area contributed by atoms with Crippen LogP contribution >= 0.6 is 0 Å². The zero-order valence-corrected chi connectivity index (χ0v) is 11.9. The molecule has 5 nitrogen and oxygen atoms in total.